The molecule has 1 aliphatic rings. The quantitative estimate of drug-likeness (QED) is 0.260. The normalized spacial score (nSPS) is 14.8. The molecule has 0 atom stereocenters. The average molecular weight is 569 g/mol. The number of thiophene rings is 1. The van der Waals surface area contributed by atoms with Crippen molar-refractivity contribution in [1.29, 1.82) is 0 Å². The Labute approximate surface area is 229 Å². The topological polar surface area (TPSA) is 150 Å². The molecular weight excluding hydrogens is 540 g/mol. The van der Waals surface area contributed by atoms with E-state index in [0.29, 0.717) is 42.4 Å². The number of hydrogen-bond acceptors (Lipinski definition) is 9. The van der Waals surface area contributed by atoms with Gasteiger partial charge in [0.05, 0.1) is 5.75 Å². The first-order chi connectivity index (χ1) is 18.8. The SMILES string of the molecule is Cc1c(-c2cccc(NC3CCN(S(=O)(=O)Cc4ccccc4)CC3)c2)sc(-c2nn[nH]n2)c1OCC(=O)O. The molecule has 204 valence electrons. The molecule has 5 rings (SSSR count). The minimum Gasteiger partial charge on any atom is -0.480 e. The first kappa shape index (κ1) is 26.8. The lowest BCUT2D eigenvalue weighted by Crippen LogP contribution is -2.42. The molecule has 0 spiro atoms. The van der Waals surface area contributed by atoms with Gasteiger partial charge in [-0.15, -0.1) is 21.5 Å². The maximum absolute atomic E-state index is 12.9. The van der Waals surface area contributed by atoms with E-state index < -0.39 is 22.6 Å². The molecule has 1 fully saturated rings. The van der Waals surface area contributed by atoms with Gasteiger partial charge in [0.25, 0.3) is 0 Å². The van der Waals surface area contributed by atoms with Gasteiger partial charge in [-0.3, -0.25) is 0 Å². The molecule has 4 aromatic rings. The van der Waals surface area contributed by atoms with Crippen molar-refractivity contribution in [2.24, 2.45) is 0 Å². The molecular formula is C26H28N6O5S2. The standard InChI is InChI=1S/C26H28N6O5S2/c1-17-23(37-15-22(33)34)25(26-28-30-31-29-26)38-24(17)19-8-5-9-21(14-19)27-20-10-12-32(13-11-20)39(35,36)16-18-6-3-2-4-7-18/h2-9,14,20,27H,10-13,15-16H2,1H3,(H,33,34)(H,28,29,30,31). The average Bonchev–Trinajstić information content (AvgIpc) is 3.56. The maximum atomic E-state index is 12.9. The first-order valence-corrected chi connectivity index (χ1v) is 14.8. The molecule has 0 saturated carbocycles. The highest BCUT2D eigenvalue weighted by atomic mass is 32.2. The summed E-state index contributed by atoms with van der Waals surface area (Å²) in [6.45, 7) is 2.32. The zero-order valence-electron chi connectivity index (χ0n) is 21.2. The van der Waals surface area contributed by atoms with Crippen molar-refractivity contribution in [3.63, 3.8) is 0 Å². The van der Waals surface area contributed by atoms with Gasteiger partial charge in [0.15, 0.2) is 6.61 Å². The van der Waals surface area contributed by atoms with Gasteiger partial charge in [-0.2, -0.15) is 5.21 Å². The van der Waals surface area contributed by atoms with E-state index in [9.17, 15) is 13.2 Å². The maximum Gasteiger partial charge on any atom is 0.341 e. The lowest BCUT2D eigenvalue weighted by Gasteiger charge is -2.32. The third-order valence-corrected chi connectivity index (χ3v) is 9.68. The van der Waals surface area contributed by atoms with Crippen molar-refractivity contribution < 1.29 is 23.1 Å². The lowest BCUT2D eigenvalue weighted by molar-refractivity contribution is -0.139. The van der Waals surface area contributed by atoms with Crippen molar-refractivity contribution in [2.45, 2.75) is 31.6 Å². The molecule has 11 nitrogen and oxygen atoms in total. The van der Waals surface area contributed by atoms with Crippen LogP contribution in [0.3, 0.4) is 0 Å². The van der Waals surface area contributed by atoms with Crippen LogP contribution in [0.25, 0.3) is 21.1 Å². The highest BCUT2D eigenvalue weighted by Crippen LogP contribution is 2.46. The number of aromatic nitrogens is 4. The van der Waals surface area contributed by atoms with Crippen LogP contribution >= 0.6 is 11.3 Å². The predicted molar refractivity (Wildman–Crippen MR) is 148 cm³/mol. The van der Waals surface area contributed by atoms with Gasteiger partial charge in [-0.1, -0.05) is 42.5 Å². The molecule has 1 aliphatic heterocycles. The Morgan fingerprint density at radius 1 is 1.15 bits per heavy atom. The van der Waals surface area contributed by atoms with E-state index >= 15 is 0 Å². The van der Waals surface area contributed by atoms with Gasteiger partial charge < -0.3 is 15.2 Å². The number of carbonyl (C=O) groups is 1. The van der Waals surface area contributed by atoms with Gasteiger partial charge in [-0.25, -0.2) is 17.5 Å². The Morgan fingerprint density at radius 3 is 2.62 bits per heavy atom. The molecule has 1 saturated heterocycles. The number of nitrogens with one attached hydrogen (secondary N) is 2. The number of carboxylic acids is 1. The summed E-state index contributed by atoms with van der Waals surface area (Å²) >= 11 is 1.40. The van der Waals surface area contributed by atoms with Crippen molar-refractivity contribution in [3.05, 3.63) is 65.7 Å². The number of anilines is 1. The van der Waals surface area contributed by atoms with Crippen LogP contribution in [0.1, 0.15) is 24.0 Å². The molecule has 0 bridgehead atoms. The van der Waals surface area contributed by atoms with Crippen molar-refractivity contribution >= 4 is 33.0 Å². The number of ether oxygens (including phenoxy) is 1. The number of aliphatic carboxylic acids is 1. The Balaban J connectivity index is 1.28. The zero-order valence-corrected chi connectivity index (χ0v) is 22.8. The molecule has 39 heavy (non-hydrogen) atoms. The van der Waals surface area contributed by atoms with Gasteiger partial charge in [0.1, 0.15) is 10.6 Å². The number of nitrogens with zero attached hydrogens (tertiary/aromatic N) is 4. The van der Waals surface area contributed by atoms with E-state index in [0.717, 1.165) is 27.3 Å². The van der Waals surface area contributed by atoms with Crippen LogP contribution in [-0.2, 0) is 20.6 Å². The zero-order chi connectivity index (χ0) is 27.4. The number of rotatable bonds is 10. The number of carboxylic acid groups (broad SMARTS) is 1. The van der Waals surface area contributed by atoms with E-state index in [1.54, 1.807) is 4.31 Å². The van der Waals surface area contributed by atoms with E-state index in [2.05, 4.69) is 25.9 Å². The Hall–Kier alpha value is -3.81. The van der Waals surface area contributed by atoms with E-state index in [-0.39, 0.29) is 11.8 Å². The summed E-state index contributed by atoms with van der Waals surface area (Å²) in [5, 5.41) is 26.8. The van der Waals surface area contributed by atoms with Crippen LogP contribution in [-0.4, -0.2) is 70.2 Å². The summed E-state index contributed by atoms with van der Waals surface area (Å²) in [7, 11) is -3.37. The molecule has 0 aliphatic carbocycles. The minimum atomic E-state index is -3.37. The van der Waals surface area contributed by atoms with Crippen LogP contribution < -0.4 is 10.1 Å². The second kappa shape index (κ2) is 11.5. The summed E-state index contributed by atoms with van der Waals surface area (Å²) in [6.07, 6.45) is 1.40. The highest BCUT2D eigenvalue weighted by Gasteiger charge is 2.28. The molecule has 2 aromatic carbocycles. The van der Waals surface area contributed by atoms with E-state index in [1.165, 1.54) is 11.3 Å². The number of H-pyrrole nitrogens is 1. The van der Waals surface area contributed by atoms with Gasteiger partial charge in [0, 0.05) is 35.3 Å². The minimum absolute atomic E-state index is 0.0121. The van der Waals surface area contributed by atoms with Gasteiger partial charge >= 0.3 is 5.97 Å². The fourth-order valence-corrected chi connectivity index (χ4v) is 7.37. The number of aromatic amines is 1. The fraction of sp³-hybridized carbons (Fsp3) is 0.308. The summed E-state index contributed by atoms with van der Waals surface area (Å²) in [5.74, 6) is -0.316. The van der Waals surface area contributed by atoms with Gasteiger partial charge in [-0.05, 0) is 48.2 Å². The van der Waals surface area contributed by atoms with Gasteiger partial charge in [0.2, 0.25) is 15.8 Å². The van der Waals surface area contributed by atoms with Crippen molar-refractivity contribution in [2.75, 3.05) is 25.0 Å². The molecule has 0 unspecified atom stereocenters. The number of hydrogen-bond donors (Lipinski definition) is 3. The molecule has 0 amide bonds. The summed E-state index contributed by atoms with van der Waals surface area (Å²) in [4.78, 5) is 12.6. The third kappa shape index (κ3) is 6.27. The fourth-order valence-electron chi connectivity index (χ4n) is 4.63. The van der Waals surface area contributed by atoms with Crippen molar-refractivity contribution in [1.82, 2.24) is 24.9 Å². The first-order valence-electron chi connectivity index (χ1n) is 12.4. The molecule has 2 aromatic heterocycles. The lowest BCUT2D eigenvalue weighted by atomic mass is 10.0. The second-order valence-corrected chi connectivity index (χ2v) is 12.3. The number of piperidine rings is 1. The van der Waals surface area contributed by atoms with E-state index in [4.69, 9.17) is 9.84 Å². The molecule has 3 heterocycles. The Kier molecular flexibility index (Phi) is 7.91. The second-order valence-electron chi connectivity index (χ2n) is 9.27. The Bertz CT molecular complexity index is 1530. The largest absolute Gasteiger partial charge is 0.480 e. The van der Waals surface area contributed by atoms with Crippen molar-refractivity contribution in [3.8, 4) is 26.9 Å². The summed E-state index contributed by atoms with van der Waals surface area (Å²) in [5.41, 5.74) is 3.42. The number of tetrazole rings is 1. The summed E-state index contributed by atoms with van der Waals surface area (Å²) < 4.78 is 33.0. The van der Waals surface area contributed by atoms with E-state index in [1.807, 2.05) is 61.5 Å². The van der Waals surface area contributed by atoms with Crippen LogP contribution in [0, 0.1) is 6.92 Å². The van der Waals surface area contributed by atoms with Crippen LogP contribution in [0.4, 0.5) is 5.69 Å². The van der Waals surface area contributed by atoms with Crippen LogP contribution in [0.2, 0.25) is 0 Å². The highest BCUT2D eigenvalue weighted by molar-refractivity contribution is 7.88. The smallest absolute Gasteiger partial charge is 0.341 e. The molecule has 3 N–H and O–H groups in total. The Morgan fingerprint density at radius 2 is 1.92 bits per heavy atom. The number of benzene rings is 2. The van der Waals surface area contributed by atoms with Crippen LogP contribution in [0.15, 0.2) is 54.6 Å². The number of sulfonamides is 1. The summed E-state index contributed by atoms with van der Waals surface area (Å²) in [6, 6.07) is 17.3. The predicted octanol–water partition coefficient (Wildman–Crippen LogP) is 3.77. The third-order valence-electron chi connectivity index (χ3n) is 6.51. The van der Waals surface area contributed by atoms with Crippen LogP contribution in [0.5, 0.6) is 5.75 Å². The molecule has 0 radical (unpaired) electrons. The molecule has 13 heteroatoms. The monoisotopic (exact) mass is 568 g/mol.